The largest absolute Gasteiger partial charge is 0.416 e. The molecule has 0 saturated heterocycles. The quantitative estimate of drug-likeness (QED) is 0.338. The van der Waals surface area contributed by atoms with Gasteiger partial charge in [-0.15, -0.1) is 0 Å². The molecule has 0 unspecified atom stereocenters. The second kappa shape index (κ2) is 8.76. The van der Waals surface area contributed by atoms with Crippen LogP contribution in [0.3, 0.4) is 0 Å². The molecule has 0 rings (SSSR count). The van der Waals surface area contributed by atoms with Gasteiger partial charge in [0.25, 0.3) is 0 Å². The van der Waals surface area contributed by atoms with Crippen LogP contribution >= 0.6 is 19.2 Å². The molecule has 22 heavy (non-hydrogen) atoms. The predicted octanol–water partition coefficient (Wildman–Crippen LogP) is 4.58. The average molecular weight is 371 g/mol. The summed E-state index contributed by atoms with van der Waals surface area (Å²) in [5.74, 6) is -0.385. The number of hydrogen-bond acceptors (Lipinski definition) is 5. The van der Waals surface area contributed by atoms with Gasteiger partial charge in [-0.25, -0.2) is 0 Å². The number of rotatable bonds is 9. The molecule has 0 heterocycles. The van der Waals surface area contributed by atoms with E-state index < -0.39 is 15.9 Å². The summed E-state index contributed by atoms with van der Waals surface area (Å²) in [6, 6.07) is 0. The van der Waals surface area contributed by atoms with E-state index in [4.69, 9.17) is 25.1 Å². The van der Waals surface area contributed by atoms with Crippen LogP contribution in [0.1, 0.15) is 27.2 Å². The van der Waals surface area contributed by atoms with Crippen molar-refractivity contribution in [2.45, 2.75) is 45.3 Å². The van der Waals surface area contributed by atoms with Crippen LogP contribution in [0.5, 0.6) is 0 Å². The molecule has 0 aromatic heterocycles. The Morgan fingerprint density at radius 2 is 1.73 bits per heavy atom. The standard InChI is InChI=1S/C14H28ClO5PSi/c1-14(2,3)22(6,7)20-9-8-12(15)10-13(16)11-21(17,18-4)19-5/h10H,8-9,11H2,1-7H3/b12-10-. The maximum atomic E-state index is 11.8. The maximum Gasteiger partial charge on any atom is 0.337 e. The predicted molar refractivity (Wildman–Crippen MR) is 93.2 cm³/mol. The van der Waals surface area contributed by atoms with E-state index in [1.165, 1.54) is 20.3 Å². The monoisotopic (exact) mass is 370 g/mol. The third kappa shape index (κ3) is 7.53. The molecule has 130 valence electrons. The van der Waals surface area contributed by atoms with Gasteiger partial charge in [0.2, 0.25) is 0 Å². The summed E-state index contributed by atoms with van der Waals surface area (Å²) in [6.45, 7) is 11.3. The minimum atomic E-state index is -3.35. The molecule has 0 aromatic rings. The van der Waals surface area contributed by atoms with Crippen LogP contribution in [-0.4, -0.2) is 41.1 Å². The minimum Gasteiger partial charge on any atom is -0.416 e. The summed E-state index contributed by atoms with van der Waals surface area (Å²) in [6.07, 6.45) is 1.39. The van der Waals surface area contributed by atoms with E-state index in [0.717, 1.165) is 0 Å². The Balaban J connectivity index is 4.47. The van der Waals surface area contributed by atoms with Crippen molar-refractivity contribution >= 4 is 33.3 Å². The zero-order chi connectivity index (χ0) is 17.6. The molecule has 0 aromatic carbocycles. The molecule has 0 aliphatic rings. The van der Waals surface area contributed by atoms with Gasteiger partial charge < -0.3 is 13.5 Å². The fourth-order valence-corrected chi connectivity index (χ4v) is 3.43. The van der Waals surface area contributed by atoms with E-state index in [2.05, 4.69) is 33.9 Å². The number of hydrogen-bond donors (Lipinski definition) is 0. The molecule has 0 aliphatic heterocycles. The lowest BCUT2D eigenvalue weighted by Crippen LogP contribution is -2.40. The average Bonchev–Trinajstić information content (AvgIpc) is 2.36. The fraction of sp³-hybridized carbons (Fsp3) is 0.786. The lowest BCUT2D eigenvalue weighted by molar-refractivity contribution is -0.112. The second-order valence-electron chi connectivity index (χ2n) is 6.55. The summed E-state index contributed by atoms with van der Waals surface area (Å²) in [7, 11) is -2.67. The molecule has 0 radical (unpaired) electrons. The van der Waals surface area contributed by atoms with Crippen LogP contribution in [0.4, 0.5) is 0 Å². The smallest absolute Gasteiger partial charge is 0.337 e. The van der Waals surface area contributed by atoms with E-state index in [9.17, 15) is 9.36 Å². The number of carbonyl (C=O) groups excluding carboxylic acids is 1. The van der Waals surface area contributed by atoms with Gasteiger partial charge in [0, 0.05) is 32.3 Å². The highest BCUT2D eigenvalue weighted by atomic mass is 35.5. The lowest BCUT2D eigenvalue weighted by Gasteiger charge is -2.36. The maximum absolute atomic E-state index is 11.8. The number of carbonyl (C=O) groups is 1. The topological polar surface area (TPSA) is 61.8 Å². The molecule has 0 fully saturated rings. The van der Waals surface area contributed by atoms with Gasteiger partial charge in [0.15, 0.2) is 14.1 Å². The SMILES string of the molecule is COP(=O)(CC(=O)/C=C(\Cl)CCO[Si](C)(C)C(C)(C)C)OC. The Bertz CT molecular complexity index is 449. The van der Waals surface area contributed by atoms with E-state index in [1.807, 2.05) is 0 Å². The molecular weight excluding hydrogens is 343 g/mol. The minimum absolute atomic E-state index is 0.128. The van der Waals surface area contributed by atoms with E-state index >= 15 is 0 Å². The second-order valence-corrected chi connectivity index (χ2v) is 14.1. The third-order valence-electron chi connectivity index (χ3n) is 3.83. The molecule has 0 aliphatic carbocycles. The van der Waals surface area contributed by atoms with Crippen LogP contribution < -0.4 is 0 Å². The molecule has 8 heteroatoms. The van der Waals surface area contributed by atoms with Crippen molar-refractivity contribution in [1.82, 2.24) is 0 Å². The van der Waals surface area contributed by atoms with Crippen molar-refractivity contribution in [3.8, 4) is 0 Å². The van der Waals surface area contributed by atoms with Gasteiger partial charge in [-0.2, -0.15) is 0 Å². The van der Waals surface area contributed by atoms with Crippen molar-refractivity contribution in [3.05, 3.63) is 11.1 Å². The molecule has 0 saturated carbocycles. The first kappa shape index (κ1) is 22.0. The highest BCUT2D eigenvalue weighted by molar-refractivity contribution is 7.54. The molecule has 5 nitrogen and oxygen atoms in total. The van der Waals surface area contributed by atoms with Gasteiger partial charge in [0.05, 0.1) is 0 Å². The summed E-state index contributed by atoms with van der Waals surface area (Å²) in [4.78, 5) is 11.8. The van der Waals surface area contributed by atoms with Gasteiger partial charge in [-0.1, -0.05) is 32.4 Å². The third-order valence-corrected chi connectivity index (χ3v) is 10.5. The van der Waals surface area contributed by atoms with Crippen LogP contribution in [-0.2, 0) is 22.8 Å². The first-order valence-electron chi connectivity index (χ1n) is 7.10. The fourth-order valence-electron chi connectivity index (χ4n) is 1.31. The van der Waals surface area contributed by atoms with E-state index in [0.29, 0.717) is 18.1 Å². The van der Waals surface area contributed by atoms with Crippen molar-refractivity contribution in [2.75, 3.05) is 27.0 Å². The van der Waals surface area contributed by atoms with Crippen molar-refractivity contribution in [2.24, 2.45) is 0 Å². The number of halogens is 1. The van der Waals surface area contributed by atoms with Crippen LogP contribution in [0.15, 0.2) is 11.1 Å². The molecule has 0 N–H and O–H groups in total. The molecule has 0 atom stereocenters. The summed E-state index contributed by atoms with van der Waals surface area (Å²) in [5.41, 5.74) is 0. The van der Waals surface area contributed by atoms with E-state index in [-0.39, 0.29) is 17.0 Å². The molecular formula is C14H28ClO5PSi. The Morgan fingerprint density at radius 3 is 2.14 bits per heavy atom. The highest BCUT2D eigenvalue weighted by Crippen LogP contribution is 2.46. The van der Waals surface area contributed by atoms with E-state index in [1.54, 1.807) is 0 Å². The zero-order valence-electron chi connectivity index (χ0n) is 14.6. The summed E-state index contributed by atoms with van der Waals surface area (Å²) >= 11 is 6.04. The van der Waals surface area contributed by atoms with Crippen molar-refractivity contribution in [3.63, 3.8) is 0 Å². The van der Waals surface area contributed by atoms with Gasteiger partial charge >= 0.3 is 7.60 Å². The lowest BCUT2D eigenvalue weighted by atomic mass is 10.2. The van der Waals surface area contributed by atoms with Gasteiger partial charge in [-0.3, -0.25) is 9.36 Å². The number of ketones is 1. The Morgan fingerprint density at radius 1 is 1.23 bits per heavy atom. The summed E-state index contributed by atoms with van der Waals surface area (Å²) < 4.78 is 27.3. The van der Waals surface area contributed by atoms with Crippen LogP contribution in [0.2, 0.25) is 18.1 Å². The Labute approximate surface area is 140 Å². The molecule has 0 spiro atoms. The van der Waals surface area contributed by atoms with Crippen LogP contribution in [0.25, 0.3) is 0 Å². The Kier molecular flexibility index (Phi) is 8.77. The first-order chi connectivity index (χ1) is 9.87. The molecule has 0 bridgehead atoms. The first-order valence-corrected chi connectivity index (χ1v) is 12.1. The van der Waals surface area contributed by atoms with Gasteiger partial charge in [-0.05, 0) is 24.2 Å². The normalized spacial score (nSPS) is 14.3. The van der Waals surface area contributed by atoms with Crippen LogP contribution in [0, 0.1) is 0 Å². The molecule has 0 amide bonds. The van der Waals surface area contributed by atoms with Crippen molar-refractivity contribution in [1.29, 1.82) is 0 Å². The summed E-state index contributed by atoms with van der Waals surface area (Å²) in [5, 5.41) is 0.505. The van der Waals surface area contributed by atoms with Crippen molar-refractivity contribution < 1.29 is 22.8 Å². The highest BCUT2D eigenvalue weighted by Gasteiger charge is 2.36. The Hall–Kier alpha value is 0.0269. The zero-order valence-corrected chi connectivity index (χ0v) is 17.2. The number of allylic oxidation sites excluding steroid dienone is 1. The van der Waals surface area contributed by atoms with Gasteiger partial charge in [0.1, 0.15) is 6.16 Å².